The average Bonchev–Trinajstić information content (AvgIpc) is 3.12. The fraction of sp³-hybridized carbons (Fsp3) is 0.333. The quantitative estimate of drug-likeness (QED) is 0.632. The summed E-state index contributed by atoms with van der Waals surface area (Å²) in [6, 6.07) is 13.3. The number of piperazine rings is 1. The molecule has 3 aromatic rings. The minimum Gasteiger partial charge on any atom is -0.406 e. The van der Waals surface area contributed by atoms with Crippen molar-refractivity contribution in [1.82, 2.24) is 15.0 Å². The predicted molar refractivity (Wildman–Crippen MR) is 103 cm³/mol. The lowest BCUT2D eigenvalue weighted by molar-refractivity contribution is -0.274. The molecule has 158 valence electrons. The third-order valence-electron chi connectivity index (χ3n) is 5.06. The van der Waals surface area contributed by atoms with E-state index in [1.54, 1.807) is 17.0 Å². The van der Waals surface area contributed by atoms with Gasteiger partial charge >= 0.3 is 6.36 Å². The van der Waals surface area contributed by atoms with E-state index in [1.165, 1.54) is 12.1 Å². The third-order valence-corrected chi connectivity index (χ3v) is 5.06. The van der Waals surface area contributed by atoms with Gasteiger partial charge in [-0.1, -0.05) is 29.4 Å². The number of hydrogen-bond acceptors (Lipinski definition) is 5. The number of fused-ring (bicyclic) bond motifs is 1. The van der Waals surface area contributed by atoms with Crippen LogP contribution in [0.25, 0.3) is 11.0 Å². The Balaban J connectivity index is 1.28. The Hall–Kier alpha value is -3.07. The maximum atomic E-state index is 12.6. The summed E-state index contributed by atoms with van der Waals surface area (Å²) in [5.74, 6) is -0.232. The smallest absolute Gasteiger partial charge is 0.406 e. The number of rotatable bonds is 5. The van der Waals surface area contributed by atoms with Crippen LogP contribution in [0.4, 0.5) is 13.2 Å². The normalized spacial score (nSPS) is 15.5. The van der Waals surface area contributed by atoms with Crippen molar-refractivity contribution < 1.29 is 27.2 Å². The van der Waals surface area contributed by atoms with Crippen LogP contribution in [-0.4, -0.2) is 53.4 Å². The summed E-state index contributed by atoms with van der Waals surface area (Å²) < 4.78 is 45.9. The molecule has 1 fully saturated rings. The van der Waals surface area contributed by atoms with Crippen molar-refractivity contribution in [2.24, 2.45) is 0 Å². The Bertz CT molecular complexity index is 1010. The largest absolute Gasteiger partial charge is 0.573 e. The van der Waals surface area contributed by atoms with Crippen LogP contribution in [0.2, 0.25) is 0 Å². The van der Waals surface area contributed by atoms with Crippen LogP contribution in [0.3, 0.4) is 0 Å². The van der Waals surface area contributed by atoms with Gasteiger partial charge in [-0.05, 0) is 29.8 Å². The van der Waals surface area contributed by atoms with Crippen molar-refractivity contribution in [2.75, 3.05) is 26.2 Å². The molecule has 2 heterocycles. The number of benzene rings is 2. The second-order valence-electron chi connectivity index (χ2n) is 7.15. The molecule has 6 nitrogen and oxygen atoms in total. The number of carbonyl (C=O) groups excluding carboxylic acids is 1. The molecule has 0 bridgehead atoms. The van der Waals surface area contributed by atoms with Gasteiger partial charge in [-0.3, -0.25) is 9.69 Å². The second-order valence-corrected chi connectivity index (χ2v) is 7.15. The second kappa shape index (κ2) is 8.35. The van der Waals surface area contributed by atoms with Gasteiger partial charge in [0, 0.05) is 38.1 Å². The van der Waals surface area contributed by atoms with E-state index >= 15 is 0 Å². The van der Waals surface area contributed by atoms with Crippen molar-refractivity contribution in [2.45, 2.75) is 19.3 Å². The summed E-state index contributed by atoms with van der Waals surface area (Å²) in [4.78, 5) is 16.6. The number of ether oxygens (including phenoxy) is 1. The minimum atomic E-state index is -4.69. The lowest BCUT2D eigenvalue weighted by Gasteiger charge is -2.34. The van der Waals surface area contributed by atoms with Gasteiger partial charge in [-0.15, -0.1) is 13.2 Å². The van der Waals surface area contributed by atoms with E-state index in [2.05, 4.69) is 14.8 Å². The van der Waals surface area contributed by atoms with E-state index < -0.39 is 6.36 Å². The summed E-state index contributed by atoms with van der Waals surface area (Å²) in [7, 11) is 0. The molecule has 2 aromatic carbocycles. The molecular weight excluding hydrogens is 399 g/mol. The van der Waals surface area contributed by atoms with Crippen molar-refractivity contribution in [3.05, 3.63) is 59.8 Å². The van der Waals surface area contributed by atoms with Crippen LogP contribution >= 0.6 is 0 Å². The van der Waals surface area contributed by atoms with Crippen LogP contribution < -0.4 is 4.74 Å². The highest BCUT2D eigenvalue weighted by atomic mass is 19.4. The van der Waals surface area contributed by atoms with E-state index in [-0.39, 0.29) is 18.1 Å². The number of para-hydroxylation sites is 1. The van der Waals surface area contributed by atoms with Crippen LogP contribution in [-0.2, 0) is 17.8 Å². The van der Waals surface area contributed by atoms with Gasteiger partial charge < -0.3 is 14.2 Å². The Morgan fingerprint density at radius 3 is 2.43 bits per heavy atom. The Morgan fingerprint density at radius 2 is 1.73 bits per heavy atom. The summed E-state index contributed by atoms with van der Waals surface area (Å²) in [5.41, 5.74) is 2.19. The highest BCUT2D eigenvalue weighted by molar-refractivity contribution is 5.86. The molecule has 0 saturated carbocycles. The third kappa shape index (κ3) is 4.91. The first-order chi connectivity index (χ1) is 14.4. The minimum absolute atomic E-state index is 0.00218. The topological polar surface area (TPSA) is 58.8 Å². The van der Waals surface area contributed by atoms with Gasteiger partial charge in [0.2, 0.25) is 5.91 Å². The van der Waals surface area contributed by atoms with Crippen molar-refractivity contribution >= 4 is 16.9 Å². The Labute approximate surface area is 170 Å². The number of amides is 1. The van der Waals surface area contributed by atoms with Gasteiger partial charge in [0.1, 0.15) is 11.4 Å². The molecule has 0 atom stereocenters. The SMILES string of the molecule is O=C(Cc1noc2ccccc12)N1CCN(Cc2ccc(OC(F)(F)F)cc2)CC1. The van der Waals surface area contributed by atoms with Crippen molar-refractivity contribution in [3.63, 3.8) is 0 Å². The maximum absolute atomic E-state index is 12.6. The molecule has 1 saturated heterocycles. The summed E-state index contributed by atoms with van der Waals surface area (Å²) in [5, 5.41) is 4.87. The lowest BCUT2D eigenvalue weighted by Crippen LogP contribution is -2.48. The van der Waals surface area contributed by atoms with Gasteiger partial charge in [0.05, 0.1) is 6.42 Å². The summed E-state index contributed by atoms with van der Waals surface area (Å²) >= 11 is 0. The molecule has 0 radical (unpaired) electrons. The van der Waals surface area contributed by atoms with E-state index in [0.717, 1.165) is 10.9 Å². The maximum Gasteiger partial charge on any atom is 0.573 e. The van der Waals surface area contributed by atoms with Crippen LogP contribution in [0, 0.1) is 0 Å². The van der Waals surface area contributed by atoms with Gasteiger partial charge in [0.25, 0.3) is 0 Å². The molecule has 1 aliphatic rings. The highest BCUT2D eigenvalue weighted by Crippen LogP contribution is 2.23. The molecule has 0 N–H and O–H groups in total. The monoisotopic (exact) mass is 419 g/mol. The number of alkyl halides is 3. The molecule has 30 heavy (non-hydrogen) atoms. The molecular formula is C21H20F3N3O3. The molecule has 0 spiro atoms. The lowest BCUT2D eigenvalue weighted by atomic mass is 10.1. The first kappa shape index (κ1) is 20.2. The predicted octanol–water partition coefficient (Wildman–Crippen LogP) is 3.61. The van der Waals surface area contributed by atoms with Crippen molar-refractivity contribution in [1.29, 1.82) is 0 Å². The Morgan fingerprint density at radius 1 is 1.03 bits per heavy atom. The number of hydrogen-bond donors (Lipinski definition) is 0. The van der Waals surface area contributed by atoms with Crippen LogP contribution in [0.5, 0.6) is 5.75 Å². The van der Waals surface area contributed by atoms with Gasteiger partial charge in [-0.2, -0.15) is 0 Å². The van der Waals surface area contributed by atoms with Crippen molar-refractivity contribution in [3.8, 4) is 5.75 Å². The average molecular weight is 419 g/mol. The Kier molecular flexibility index (Phi) is 5.63. The first-order valence-corrected chi connectivity index (χ1v) is 9.55. The number of carbonyl (C=O) groups is 1. The molecule has 1 aromatic heterocycles. The van der Waals surface area contributed by atoms with E-state index in [0.29, 0.717) is 44.0 Å². The van der Waals surface area contributed by atoms with Crippen LogP contribution in [0.15, 0.2) is 53.1 Å². The number of nitrogens with zero attached hydrogens (tertiary/aromatic N) is 3. The zero-order valence-corrected chi connectivity index (χ0v) is 16.1. The number of aromatic nitrogens is 1. The zero-order chi connectivity index (χ0) is 21.1. The summed E-state index contributed by atoms with van der Waals surface area (Å²) in [6.07, 6.45) is -4.50. The van der Waals surface area contributed by atoms with E-state index in [9.17, 15) is 18.0 Å². The van der Waals surface area contributed by atoms with Crippen LogP contribution in [0.1, 0.15) is 11.3 Å². The molecule has 0 aliphatic carbocycles. The fourth-order valence-corrected chi connectivity index (χ4v) is 3.53. The molecule has 0 unspecified atom stereocenters. The summed E-state index contributed by atoms with van der Waals surface area (Å²) in [6.45, 7) is 3.15. The first-order valence-electron chi connectivity index (χ1n) is 9.55. The fourth-order valence-electron chi connectivity index (χ4n) is 3.53. The zero-order valence-electron chi connectivity index (χ0n) is 16.1. The molecule has 9 heteroatoms. The molecule has 1 amide bonds. The molecule has 4 rings (SSSR count). The van der Waals surface area contributed by atoms with Gasteiger partial charge in [-0.25, -0.2) is 0 Å². The van der Waals surface area contributed by atoms with E-state index in [1.807, 2.05) is 24.3 Å². The highest BCUT2D eigenvalue weighted by Gasteiger charge is 2.31. The standard InChI is InChI=1S/C21H20F3N3O3/c22-21(23,24)29-16-7-5-15(6-8-16)14-26-9-11-27(12-10-26)20(28)13-18-17-3-1-2-4-19(17)30-25-18/h1-8H,9-14H2. The van der Waals surface area contributed by atoms with E-state index in [4.69, 9.17) is 4.52 Å². The van der Waals surface area contributed by atoms with Gasteiger partial charge in [0.15, 0.2) is 5.58 Å². The molecule has 1 aliphatic heterocycles. The number of halogens is 3.